The van der Waals surface area contributed by atoms with Gasteiger partial charge in [-0.3, -0.25) is 0 Å². The molecule has 17 heavy (non-hydrogen) atoms. The summed E-state index contributed by atoms with van der Waals surface area (Å²) in [5.41, 5.74) is 0.475. The second kappa shape index (κ2) is 9.92. The molecule has 0 saturated heterocycles. The average Bonchev–Trinajstić information content (AvgIpc) is 2.18. The molecule has 0 aliphatic heterocycles. The Kier molecular flexibility index (Phi) is 9.89. The molecule has 0 saturated carbocycles. The first-order valence-corrected chi connectivity index (χ1v) is 6.89. The summed E-state index contributed by atoms with van der Waals surface area (Å²) < 4.78 is 4.64. The van der Waals surface area contributed by atoms with E-state index in [0.717, 1.165) is 12.8 Å². The zero-order valence-electron chi connectivity index (χ0n) is 11.7. The molecule has 0 aliphatic carbocycles. The molecule has 0 unspecified atom stereocenters. The molecule has 0 aromatic carbocycles. The van der Waals surface area contributed by atoms with E-state index >= 15 is 0 Å². The molecular formula is C13H29BO3. The molecule has 102 valence electrons. The number of hydrogen-bond acceptors (Lipinski definition) is 3. The van der Waals surface area contributed by atoms with Crippen LogP contribution in [0.3, 0.4) is 0 Å². The van der Waals surface area contributed by atoms with Crippen molar-refractivity contribution < 1.29 is 14.7 Å². The van der Waals surface area contributed by atoms with E-state index in [4.69, 9.17) is 10.0 Å². The van der Waals surface area contributed by atoms with E-state index in [-0.39, 0.29) is 0 Å². The summed E-state index contributed by atoms with van der Waals surface area (Å²) in [6.45, 7) is 7.33. The standard InChI is InChI=1S/C13H29BO3/c1-13(2,3)11-9-7-5-4-6-8-10-12-17-14(15)16/h15-16H,4-12H2,1-3H3. The third-order valence-electron chi connectivity index (χ3n) is 2.84. The van der Waals surface area contributed by atoms with Crippen LogP contribution in [0.4, 0.5) is 0 Å². The summed E-state index contributed by atoms with van der Waals surface area (Å²) >= 11 is 0. The van der Waals surface area contributed by atoms with Crippen LogP contribution in [-0.2, 0) is 4.65 Å². The maximum absolute atomic E-state index is 8.45. The van der Waals surface area contributed by atoms with Crippen LogP contribution in [0, 0.1) is 5.41 Å². The fraction of sp³-hybridized carbons (Fsp3) is 1.00. The summed E-state index contributed by atoms with van der Waals surface area (Å²) in [5.74, 6) is 0. The number of unbranched alkanes of at least 4 members (excludes halogenated alkanes) is 6. The second-order valence-corrected chi connectivity index (χ2v) is 5.98. The number of rotatable bonds is 10. The lowest BCUT2D eigenvalue weighted by molar-refractivity contribution is 0.182. The van der Waals surface area contributed by atoms with Crippen molar-refractivity contribution in [3.8, 4) is 0 Å². The minimum Gasteiger partial charge on any atom is -0.402 e. The van der Waals surface area contributed by atoms with Crippen LogP contribution in [0.5, 0.6) is 0 Å². The van der Waals surface area contributed by atoms with Gasteiger partial charge in [-0.15, -0.1) is 0 Å². The van der Waals surface area contributed by atoms with Gasteiger partial charge in [0, 0.05) is 6.61 Å². The van der Waals surface area contributed by atoms with Crippen LogP contribution in [-0.4, -0.2) is 24.0 Å². The highest BCUT2D eigenvalue weighted by atomic mass is 16.6. The monoisotopic (exact) mass is 244 g/mol. The zero-order valence-corrected chi connectivity index (χ0v) is 11.7. The van der Waals surface area contributed by atoms with Gasteiger partial charge in [-0.1, -0.05) is 59.3 Å². The molecule has 0 radical (unpaired) electrons. The molecule has 0 aromatic rings. The molecule has 2 N–H and O–H groups in total. The molecule has 4 heteroatoms. The first-order valence-electron chi connectivity index (χ1n) is 6.89. The highest BCUT2D eigenvalue weighted by molar-refractivity contribution is 6.32. The Balaban J connectivity index is 3.04. The van der Waals surface area contributed by atoms with Crippen LogP contribution >= 0.6 is 0 Å². The van der Waals surface area contributed by atoms with E-state index < -0.39 is 7.32 Å². The zero-order chi connectivity index (χ0) is 13.1. The molecule has 3 nitrogen and oxygen atoms in total. The normalized spacial score (nSPS) is 11.8. The van der Waals surface area contributed by atoms with Gasteiger partial charge in [0.25, 0.3) is 0 Å². The third-order valence-corrected chi connectivity index (χ3v) is 2.84. The second-order valence-electron chi connectivity index (χ2n) is 5.98. The smallest absolute Gasteiger partial charge is 0.402 e. The van der Waals surface area contributed by atoms with Crippen molar-refractivity contribution in [1.29, 1.82) is 0 Å². The van der Waals surface area contributed by atoms with Gasteiger partial charge in [0.2, 0.25) is 0 Å². The predicted octanol–water partition coefficient (Wildman–Crippen LogP) is 3.14. The Morgan fingerprint density at radius 1 is 0.824 bits per heavy atom. The van der Waals surface area contributed by atoms with Gasteiger partial charge in [0.05, 0.1) is 0 Å². The van der Waals surface area contributed by atoms with Gasteiger partial charge in [0.1, 0.15) is 0 Å². The van der Waals surface area contributed by atoms with Crippen molar-refractivity contribution >= 4 is 7.32 Å². The van der Waals surface area contributed by atoms with Gasteiger partial charge >= 0.3 is 7.32 Å². The van der Waals surface area contributed by atoms with Crippen LogP contribution in [0.2, 0.25) is 0 Å². The largest absolute Gasteiger partial charge is 0.633 e. The molecule has 0 atom stereocenters. The first-order chi connectivity index (χ1) is 7.92. The summed E-state index contributed by atoms with van der Waals surface area (Å²) in [4.78, 5) is 0. The van der Waals surface area contributed by atoms with Crippen LogP contribution in [0.15, 0.2) is 0 Å². The average molecular weight is 244 g/mol. The summed E-state index contributed by atoms with van der Waals surface area (Å²) in [5, 5.41) is 16.9. The quantitative estimate of drug-likeness (QED) is 0.458. The maximum Gasteiger partial charge on any atom is 0.633 e. The lowest BCUT2D eigenvalue weighted by Crippen LogP contribution is -2.17. The SMILES string of the molecule is CC(C)(C)CCCCCCCCCOB(O)O. The van der Waals surface area contributed by atoms with Crippen LogP contribution in [0.1, 0.15) is 72.1 Å². The third kappa shape index (κ3) is 15.9. The molecule has 0 spiro atoms. The van der Waals surface area contributed by atoms with Crippen molar-refractivity contribution in [2.45, 2.75) is 72.1 Å². The molecule has 0 bridgehead atoms. The molecule has 0 rings (SSSR count). The van der Waals surface area contributed by atoms with Gasteiger partial charge in [-0.25, -0.2) is 0 Å². The van der Waals surface area contributed by atoms with E-state index in [9.17, 15) is 0 Å². The van der Waals surface area contributed by atoms with E-state index in [0.29, 0.717) is 12.0 Å². The van der Waals surface area contributed by atoms with E-state index in [1.54, 1.807) is 0 Å². The van der Waals surface area contributed by atoms with E-state index in [1.807, 2.05) is 0 Å². The fourth-order valence-electron chi connectivity index (χ4n) is 1.83. The molecule has 0 aromatic heterocycles. The molecule has 0 fully saturated rings. The van der Waals surface area contributed by atoms with Crippen LogP contribution in [0.25, 0.3) is 0 Å². The Labute approximate surface area is 107 Å². The molecule has 0 amide bonds. The van der Waals surface area contributed by atoms with Crippen molar-refractivity contribution in [2.75, 3.05) is 6.61 Å². The fourth-order valence-corrected chi connectivity index (χ4v) is 1.83. The lowest BCUT2D eigenvalue weighted by Gasteiger charge is -2.17. The van der Waals surface area contributed by atoms with Gasteiger partial charge < -0.3 is 14.7 Å². The Morgan fingerprint density at radius 3 is 1.76 bits per heavy atom. The van der Waals surface area contributed by atoms with Crippen molar-refractivity contribution in [2.24, 2.45) is 5.41 Å². The minimum atomic E-state index is -1.60. The van der Waals surface area contributed by atoms with Crippen molar-refractivity contribution in [1.82, 2.24) is 0 Å². The van der Waals surface area contributed by atoms with E-state index in [1.165, 1.54) is 38.5 Å². The Morgan fingerprint density at radius 2 is 1.29 bits per heavy atom. The Bertz CT molecular complexity index is 167. The lowest BCUT2D eigenvalue weighted by atomic mass is 9.89. The van der Waals surface area contributed by atoms with E-state index in [2.05, 4.69) is 25.4 Å². The topological polar surface area (TPSA) is 49.7 Å². The van der Waals surface area contributed by atoms with Gasteiger partial charge in [-0.05, 0) is 18.3 Å². The molecular weight excluding hydrogens is 215 g/mol. The highest BCUT2D eigenvalue weighted by Gasteiger charge is 2.08. The molecule has 0 heterocycles. The number of hydrogen-bond donors (Lipinski definition) is 2. The molecule has 0 aliphatic rings. The van der Waals surface area contributed by atoms with Crippen molar-refractivity contribution in [3.05, 3.63) is 0 Å². The maximum atomic E-state index is 8.45. The summed E-state index contributed by atoms with van der Waals surface area (Å²) in [6, 6.07) is 0. The minimum absolute atomic E-state index is 0.446. The highest BCUT2D eigenvalue weighted by Crippen LogP contribution is 2.22. The van der Waals surface area contributed by atoms with Crippen molar-refractivity contribution in [3.63, 3.8) is 0 Å². The summed E-state index contributed by atoms with van der Waals surface area (Å²) in [6.07, 6.45) is 9.85. The van der Waals surface area contributed by atoms with Crippen LogP contribution < -0.4 is 0 Å². The first kappa shape index (κ1) is 16.9. The van der Waals surface area contributed by atoms with Gasteiger partial charge in [0.15, 0.2) is 0 Å². The Hall–Kier alpha value is -0.0551. The predicted molar refractivity (Wildman–Crippen MR) is 72.5 cm³/mol. The van der Waals surface area contributed by atoms with Gasteiger partial charge in [-0.2, -0.15) is 0 Å². The summed E-state index contributed by atoms with van der Waals surface area (Å²) in [7, 11) is -1.60.